The van der Waals surface area contributed by atoms with E-state index >= 15 is 0 Å². The Hall–Kier alpha value is -1.56. The minimum atomic E-state index is -0.373. The first-order chi connectivity index (χ1) is 9.29. The number of pyridine rings is 1. The Bertz CT molecular complexity index is 605. The van der Waals surface area contributed by atoms with Gasteiger partial charge in [0.25, 0.3) is 0 Å². The van der Waals surface area contributed by atoms with E-state index < -0.39 is 0 Å². The molecule has 2 aromatic heterocycles. The fourth-order valence-corrected chi connectivity index (χ4v) is 3.45. The van der Waals surface area contributed by atoms with Gasteiger partial charge in [0.2, 0.25) is 0 Å². The number of fused-ring (bicyclic) bond motifs is 1. The van der Waals surface area contributed by atoms with Crippen LogP contribution < -0.4 is 0 Å². The summed E-state index contributed by atoms with van der Waals surface area (Å²) in [6.07, 6.45) is 4.14. The Labute approximate surface area is 115 Å². The van der Waals surface area contributed by atoms with Gasteiger partial charge in [-0.1, -0.05) is 0 Å². The first-order valence-electron chi connectivity index (χ1n) is 6.31. The summed E-state index contributed by atoms with van der Waals surface area (Å²) >= 11 is 1.94. The molecule has 0 N–H and O–H groups in total. The molecule has 6 heteroatoms. The van der Waals surface area contributed by atoms with Crippen LogP contribution in [0.5, 0.6) is 0 Å². The number of rotatable bonds is 2. The zero-order valence-corrected chi connectivity index (χ0v) is 11.5. The number of carbonyl (C=O) groups is 1. The second-order valence-electron chi connectivity index (χ2n) is 4.57. The number of ether oxygens (including phenoxy) is 1. The summed E-state index contributed by atoms with van der Waals surface area (Å²) in [5, 5.41) is 4.50. The topological polar surface area (TPSA) is 56.5 Å². The first kappa shape index (κ1) is 12.5. The van der Waals surface area contributed by atoms with E-state index in [1.54, 1.807) is 16.6 Å². The van der Waals surface area contributed by atoms with Crippen molar-refractivity contribution in [2.24, 2.45) is 0 Å². The fourth-order valence-electron chi connectivity index (χ4n) is 2.31. The van der Waals surface area contributed by atoms with Crippen LogP contribution in [-0.4, -0.2) is 39.2 Å². The number of hydrogen-bond acceptors (Lipinski definition) is 5. The van der Waals surface area contributed by atoms with E-state index in [0.29, 0.717) is 17.1 Å². The van der Waals surface area contributed by atoms with Crippen molar-refractivity contribution in [2.75, 3.05) is 18.6 Å². The number of aromatic nitrogens is 3. The van der Waals surface area contributed by atoms with Gasteiger partial charge in [0.15, 0.2) is 11.5 Å². The van der Waals surface area contributed by atoms with Crippen molar-refractivity contribution in [1.82, 2.24) is 14.6 Å². The van der Waals surface area contributed by atoms with Crippen molar-refractivity contribution in [3.8, 4) is 0 Å². The maximum Gasteiger partial charge on any atom is 0.341 e. The number of nitrogens with zero attached hydrogens (tertiary/aromatic N) is 3. The summed E-state index contributed by atoms with van der Waals surface area (Å²) in [5.41, 5.74) is 1.05. The third-order valence-corrected chi connectivity index (χ3v) is 4.52. The van der Waals surface area contributed by atoms with Crippen molar-refractivity contribution < 1.29 is 9.53 Å². The van der Waals surface area contributed by atoms with Gasteiger partial charge >= 0.3 is 5.97 Å². The molecule has 1 aliphatic heterocycles. The predicted molar refractivity (Wildman–Crippen MR) is 73.6 cm³/mol. The lowest BCUT2D eigenvalue weighted by molar-refractivity contribution is 0.0602. The van der Waals surface area contributed by atoms with Gasteiger partial charge < -0.3 is 4.74 Å². The fraction of sp³-hybridized carbons (Fsp3) is 0.462. The molecule has 100 valence electrons. The highest BCUT2D eigenvalue weighted by molar-refractivity contribution is 7.99. The quantitative estimate of drug-likeness (QED) is 0.787. The van der Waals surface area contributed by atoms with Crippen molar-refractivity contribution in [3.05, 3.63) is 29.7 Å². The van der Waals surface area contributed by atoms with Crippen LogP contribution in [0.1, 0.15) is 34.9 Å². The first-order valence-corrected chi connectivity index (χ1v) is 7.46. The average Bonchev–Trinajstić information content (AvgIpc) is 2.91. The van der Waals surface area contributed by atoms with Gasteiger partial charge in [-0.15, -0.1) is 0 Å². The van der Waals surface area contributed by atoms with Crippen molar-refractivity contribution in [2.45, 2.75) is 18.8 Å². The molecule has 0 aromatic carbocycles. The highest BCUT2D eigenvalue weighted by atomic mass is 32.2. The lowest BCUT2D eigenvalue weighted by atomic mass is 10.1. The van der Waals surface area contributed by atoms with Crippen LogP contribution in [0.3, 0.4) is 0 Å². The Balaban J connectivity index is 2.02. The molecule has 2 aromatic rings. The predicted octanol–water partition coefficient (Wildman–Crippen LogP) is 2.13. The SMILES string of the molecule is COC(=O)c1cccn2nc(C3CCCSC3)nc12. The van der Waals surface area contributed by atoms with E-state index in [9.17, 15) is 4.79 Å². The molecule has 1 fully saturated rings. The number of methoxy groups -OCH3 is 1. The molecule has 19 heavy (non-hydrogen) atoms. The Morgan fingerprint density at radius 3 is 3.21 bits per heavy atom. The molecule has 0 amide bonds. The van der Waals surface area contributed by atoms with E-state index in [1.165, 1.54) is 19.3 Å². The minimum Gasteiger partial charge on any atom is -0.465 e. The Morgan fingerprint density at radius 1 is 1.58 bits per heavy atom. The summed E-state index contributed by atoms with van der Waals surface area (Å²) in [6, 6.07) is 3.50. The van der Waals surface area contributed by atoms with Gasteiger partial charge in [-0.3, -0.25) is 0 Å². The normalized spacial score (nSPS) is 19.5. The van der Waals surface area contributed by atoms with E-state index in [-0.39, 0.29) is 5.97 Å². The van der Waals surface area contributed by atoms with E-state index in [4.69, 9.17) is 4.74 Å². The van der Waals surface area contributed by atoms with E-state index in [2.05, 4.69) is 10.1 Å². The molecular weight excluding hydrogens is 262 g/mol. The van der Waals surface area contributed by atoms with Crippen molar-refractivity contribution >= 4 is 23.4 Å². The third kappa shape index (κ3) is 2.32. The number of carbonyl (C=O) groups excluding carboxylic acids is 1. The Morgan fingerprint density at radius 2 is 2.47 bits per heavy atom. The summed E-state index contributed by atoms with van der Waals surface area (Å²) in [7, 11) is 1.38. The zero-order valence-electron chi connectivity index (χ0n) is 10.7. The van der Waals surface area contributed by atoms with Gasteiger partial charge in [-0.05, 0) is 30.7 Å². The summed E-state index contributed by atoms with van der Waals surface area (Å²) < 4.78 is 6.44. The standard InChI is InChI=1S/C13H15N3O2S/c1-18-13(17)10-5-2-6-16-12(10)14-11(15-16)9-4-3-7-19-8-9/h2,5-6,9H,3-4,7-8H2,1H3. The highest BCUT2D eigenvalue weighted by Crippen LogP contribution is 2.29. The molecule has 3 heterocycles. The third-order valence-electron chi connectivity index (χ3n) is 3.31. The maximum atomic E-state index is 11.7. The molecule has 5 nitrogen and oxygen atoms in total. The average molecular weight is 277 g/mol. The van der Waals surface area contributed by atoms with Crippen LogP contribution in [0.25, 0.3) is 5.65 Å². The molecule has 1 atom stereocenters. The van der Waals surface area contributed by atoms with Crippen LogP contribution in [0.2, 0.25) is 0 Å². The van der Waals surface area contributed by atoms with Gasteiger partial charge in [0.05, 0.1) is 7.11 Å². The molecule has 0 spiro atoms. The van der Waals surface area contributed by atoms with Gasteiger partial charge in [0.1, 0.15) is 5.56 Å². The van der Waals surface area contributed by atoms with Crippen molar-refractivity contribution in [3.63, 3.8) is 0 Å². The largest absolute Gasteiger partial charge is 0.465 e. The number of esters is 1. The molecule has 0 bridgehead atoms. The van der Waals surface area contributed by atoms with Crippen LogP contribution in [0.15, 0.2) is 18.3 Å². The smallest absolute Gasteiger partial charge is 0.341 e. The maximum absolute atomic E-state index is 11.7. The Kier molecular flexibility index (Phi) is 3.42. The number of thioether (sulfide) groups is 1. The lowest BCUT2D eigenvalue weighted by Crippen LogP contribution is -2.10. The molecule has 3 rings (SSSR count). The second kappa shape index (κ2) is 5.21. The van der Waals surface area contributed by atoms with Gasteiger partial charge in [0, 0.05) is 17.9 Å². The zero-order chi connectivity index (χ0) is 13.2. The van der Waals surface area contributed by atoms with Crippen LogP contribution in [0.4, 0.5) is 0 Å². The van der Waals surface area contributed by atoms with Crippen molar-refractivity contribution in [1.29, 1.82) is 0 Å². The van der Waals surface area contributed by atoms with Gasteiger partial charge in [-0.25, -0.2) is 14.3 Å². The highest BCUT2D eigenvalue weighted by Gasteiger charge is 2.22. The van der Waals surface area contributed by atoms with Crippen LogP contribution >= 0.6 is 11.8 Å². The lowest BCUT2D eigenvalue weighted by Gasteiger charge is -2.17. The molecule has 1 unspecified atom stereocenters. The molecule has 0 saturated carbocycles. The minimum absolute atomic E-state index is 0.373. The van der Waals surface area contributed by atoms with E-state index in [1.807, 2.05) is 18.0 Å². The molecule has 0 aliphatic carbocycles. The summed E-state index contributed by atoms with van der Waals surface area (Å²) in [5.74, 6) is 3.14. The summed E-state index contributed by atoms with van der Waals surface area (Å²) in [6.45, 7) is 0. The second-order valence-corrected chi connectivity index (χ2v) is 5.72. The monoisotopic (exact) mass is 277 g/mol. The molecular formula is C13H15N3O2S. The molecule has 0 radical (unpaired) electrons. The van der Waals surface area contributed by atoms with E-state index in [0.717, 1.165) is 18.0 Å². The van der Waals surface area contributed by atoms with Crippen LogP contribution in [-0.2, 0) is 4.74 Å². The molecule has 1 saturated heterocycles. The van der Waals surface area contributed by atoms with Gasteiger partial charge in [-0.2, -0.15) is 16.9 Å². The number of hydrogen-bond donors (Lipinski definition) is 0. The van der Waals surface area contributed by atoms with Crippen LogP contribution in [0, 0.1) is 0 Å². The summed E-state index contributed by atoms with van der Waals surface area (Å²) in [4.78, 5) is 16.2. The molecule has 1 aliphatic rings.